The summed E-state index contributed by atoms with van der Waals surface area (Å²) in [5.41, 5.74) is 0. The number of nitrogens with zero attached hydrogens (tertiary/aromatic N) is 1. The van der Waals surface area contributed by atoms with Gasteiger partial charge < -0.3 is 14.6 Å². The van der Waals surface area contributed by atoms with Gasteiger partial charge in [-0.15, -0.1) is 0 Å². The molecule has 2 N–H and O–H groups in total. The summed E-state index contributed by atoms with van der Waals surface area (Å²) >= 11 is 0. The van der Waals surface area contributed by atoms with Gasteiger partial charge in [0.15, 0.2) is 0 Å². The molecule has 0 aliphatic carbocycles. The number of carboxylic acids is 1. The molecule has 0 amide bonds. The third-order valence-corrected chi connectivity index (χ3v) is 3.44. The van der Waals surface area contributed by atoms with E-state index in [4.69, 9.17) is 9.52 Å². The number of aliphatic hydroxyl groups excluding tert-OH is 1. The third kappa shape index (κ3) is 3.11. The fourth-order valence-electron chi connectivity index (χ4n) is 2.43. The van der Waals surface area contributed by atoms with Gasteiger partial charge in [-0.25, -0.2) is 4.79 Å². The molecule has 2 rings (SSSR count). The van der Waals surface area contributed by atoms with Gasteiger partial charge in [0.2, 0.25) is 5.76 Å². The second kappa shape index (κ2) is 6.02. The zero-order valence-electron chi connectivity index (χ0n) is 10.3. The molecule has 1 aromatic rings. The fourth-order valence-corrected chi connectivity index (χ4v) is 2.43. The van der Waals surface area contributed by atoms with Crippen molar-refractivity contribution < 1.29 is 19.4 Å². The molecule has 2 heterocycles. The maximum absolute atomic E-state index is 10.7. The molecule has 0 spiro atoms. The fraction of sp³-hybridized carbons (Fsp3) is 0.615. The van der Waals surface area contributed by atoms with Crippen molar-refractivity contribution in [3.8, 4) is 0 Å². The van der Waals surface area contributed by atoms with Crippen molar-refractivity contribution in [2.45, 2.75) is 38.3 Å². The van der Waals surface area contributed by atoms with E-state index in [0.29, 0.717) is 12.3 Å². The van der Waals surface area contributed by atoms with Crippen molar-refractivity contribution in [2.24, 2.45) is 0 Å². The zero-order chi connectivity index (χ0) is 13.0. The molecule has 5 nitrogen and oxygen atoms in total. The summed E-state index contributed by atoms with van der Waals surface area (Å²) < 4.78 is 5.26. The van der Waals surface area contributed by atoms with Crippen LogP contribution in [-0.2, 0) is 6.54 Å². The highest BCUT2D eigenvalue weighted by molar-refractivity contribution is 5.84. The number of furan rings is 1. The second-order valence-electron chi connectivity index (χ2n) is 4.73. The Hall–Kier alpha value is -1.33. The van der Waals surface area contributed by atoms with Crippen LogP contribution < -0.4 is 0 Å². The summed E-state index contributed by atoms with van der Waals surface area (Å²) in [7, 11) is 0. The molecule has 0 bridgehead atoms. The van der Waals surface area contributed by atoms with Crippen molar-refractivity contribution in [1.82, 2.24) is 4.90 Å². The van der Waals surface area contributed by atoms with Gasteiger partial charge in [0.25, 0.3) is 0 Å². The molecule has 1 saturated heterocycles. The van der Waals surface area contributed by atoms with Crippen LogP contribution in [0.15, 0.2) is 16.5 Å². The number of aliphatic hydroxyl groups is 1. The lowest BCUT2D eigenvalue weighted by Gasteiger charge is -2.27. The molecule has 0 radical (unpaired) electrons. The van der Waals surface area contributed by atoms with E-state index >= 15 is 0 Å². The van der Waals surface area contributed by atoms with E-state index in [1.807, 2.05) is 0 Å². The Bertz CT molecular complexity index is 401. The molecule has 100 valence electrons. The molecule has 0 saturated carbocycles. The Balaban J connectivity index is 2.02. The molecular formula is C13H19NO4. The molecule has 1 unspecified atom stereocenters. The van der Waals surface area contributed by atoms with Crippen LogP contribution in [0.25, 0.3) is 0 Å². The first-order chi connectivity index (χ1) is 8.70. The average Bonchev–Trinajstić information content (AvgIpc) is 2.70. The Morgan fingerprint density at radius 1 is 1.39 bits per heavy atom. The van der Waals surface area contributed by atoms with Gasteiger partial charge in [0.1, 0.15) is 5.76 Å². The number of carbonyl (C=O) groups is 1. The molecular weight excluding hydrogens is 234 g/mol. The molecule has 5 heteroatoms. The van der Waals surface area contributed by atoms with Crippen LogP contribution in [-0.4, -0.2) is 40.3 Å². The largest absolute Gasteiger partial charge is 0.475 e. The molecule has 1 fully saturated rings. The van der Waals surface area contributed by atoms with Crippen molar-refractivity contribution in [3.63, 3.8) is 0 Å². The highest BCUT2D eigenvalue weighted by Crippen LogP contribution is 2.20. The summed E-state index contributed by atoms with van der Waals surface area (Å²) in [4.78, 5) is 12.9. The Kier molecular flexibility index (Phi) is 4.38. The monoisotopic (exact) mass is 253 g/mol. The number of rotatable bonds is 4. The summed E-state index contributed by atoms with van der Waals surface area (Å²) in [6, 6.07) is 3.33. The van der Waals surface area contributed by atoms with Crippen LogP contribution in [0, 0.1) is 0 Å². The van der Waals surface area contributed by atoms with E-state index in [1.165, 1.54) is 12.5 Å². The lowest BCUT2D eigenvalue weighted by molar-refractivity contribution is 0.0654. The Labute approximate surface area is 106 Å². The standard InChI is InChI=1S/C13H19NO4/c15-9-10-4-2-1-3-7-14(10)8-11-5-6-12(18-11)13(16)17/h5-6,10,15H,1-4,7-9H2,(H,16,17). The van der Waals surface area contributed by atoms with Crippen LogP contribution >= 0.6 is 0 Å². The van der Waals surface area contributed by atoms with Crippen LogP contribution in [0.4, 0.5) is 0 Å². The minimum absolute atomic E-state index is 0.0274. The number of carboxylic acid groups (broad SMARTS) is 1. The molecule has 1 aliphatic rings. The summed E-state index contributed by atoms with van der Waals surface area (Å²) in [6.07, 6.45) is 4.43. The molecule has 1 aliphatic heterocycles. The van der Waals surface area contributed by atoms with Crippen molar-refractivity contribution in [3.05, 3.63) is 23.7 Å². The van der Waals surface area contributed by atoms with E-state index in [2.05, 4.69) is 4.90 Å². The van der Waals surface area contributed by atoms with Gasteiger partial charge in [-0.2, -0.15) is 0 Å². The van der Waals surface area contributed by atoms with E-state index < -0.39 is 5.97 Å². The van der Waals surface area contributed by atoms with Gasteiger partial charge in [-0.1, -0.05) is 12.8 Å². The highest BCUT2D eigenvalue weighted by atomic mass is 16.4. The second-order valence-corrected chi connectivity index (χ2v) is 4.73. The minimum atomic E-state index is -1.05. The highest BCUT2D eigenvalue weighted by Gasteiger charge is 2.21. The Morgan fingerprint density at radius 3 is 2.89 bits per heavy atom. The van der Waals surface area contributed by atoms with Crippen LogP contribution in [0.2, 0.25) is 0 Å². The van der Waals surface area contributed by atoms with Crippen LogP contribution in [0.5, 0.6) is 0 Å². The Morgan fingerprint density at radius 2 is 2.22 bits per heavy atom. The van der Waals surface area contributed by atoms with E-state index in [0.717, 1.165) is 25.8 Å². The van der Waals surface area contributed by atoms with Crippen molar-refractivity contribution in [2.75, 3.05) is 13.2 Å². The predicted octanol–water partition coefficient (Wildman–Crippen LogP) is 1.71. The summed E-state index contributed by atoms with van der Waals surface area (Å²) in [5, 5.41) is 18.2. The molecule has 18 heavy (non-hydrogen) atoms. The normalized spacial score (nSPS) is 21.7. The number of hydrogen-bond donors (Lipinski definition) is 2. The number of aromatic carboxylic acids is 1. The SMILES string of the molecule is O=C(O)c1ccc(CN2CCCCCC2CO)o1. The lowest BCUT2D eigenvalue weighted by atomic mass is 10.1. The first-order valence-corrected chi connectivity index (χ1v) is 6.37. The van der Waals surface area contributed by atoms with Crippen molar-refractivity contribution in [1.29, 1.82) is 0 Å². The average molecular weight is 253 g/mol. The molecule has 1 aromatic heterocycles. The van der Waals surface area contributed by atoms with Gasteiger partial charge in [0, 0.05) is 6.04 Å². The first kappa shape index (κ1) is 13.1. The van der Waals surface area contributed by atoms with E-state index in [1.54, 1.807) is 6.07 Å². The zero-order valence-corrected chi connectivity index (χ0v) is 10.3. The minimum Gasteiger partial charge on any atom is -0.475 e. The van der Waals surface area contributed by atoms with Crippen LogP contribution in [0.1, 0.15) is 42.0 Å². The quantitative estimate of drug-likeness (QED) is 0.854. The van der Waals surface area contributed by atoms with Crippen LogP contribution in [0.3, 0.4) is 0 Å². The maximum Gasteiger partial charge on any atom is 0.371 e. The smallest absolute Gasteiger partial charge is 0.371 e. The molecule has 0 aromatic carbocycles. The summed E-state index contributed by atoms with van der Waals surface area (Å²) in [5.74, 6) is -0.427. The van der Waals surface area contributed by atoms with Gasteiger partial charge >= 0.3 is 5.97 Å². The third-order valence-electron chi connectivity index (χ3n) is 3.44. The molecule has 1 atom stereocenters. The predicted molar refractivity (Wildman–Crippen MR) is 65.4 cm³/mol. The topological polar surface area (TPSA) is 73.9 Å². The van der Waals surface area contributed by atoms with Gasteiger partial charge in [-0.05, 0) is 31.5 Å². The number of likely N-dealkylation sites (tertiary alicyclic amines) is 1. The van der Waals surface area contributed by atoms with Gasteiger partial charge in [-0.3, -0.25) is 4.90 Å². The lowest BCUT2D eigenvalue weighted by Crippen LogP contribution is -2.36. The maximum atomic E-state index is 10.7. The number of hydrogen-bond acceptors (Lipinski definition) is 4. The van der Waals surface area contributed by atoms with E-state index in [9.17, 15) is 9.90 Å². The first-order valence-electron chi connectivity index (χ1n) is 6.37. The summed E-state index contributed by atoms with van der Waals surface area (Å²) in [6.45, 7) is 1.64. The van der Waals surface area contributed by atoms with Gasteiger partial charge in [0.05, 0.1) is 13.2 Å². The van der Waals surface area contributed by atoms with E-state index in [-0.39, 0.29) is 18.4 Å². The van der Waals surface area contributed by atoms with Crippen molar-refractivity contribution >= 4 is 5.97 Å².